The van der Waals surface area contributed by atoms with Crippen LogP contribution in [-0.2, 0) is 0 Å². The number of carbonyl (C=O) groups is 1. The molecule has 0 atom stereocenters. The summed E-state index contributed by atoms with van der Waals surface area (Å²) < 4.78 is 2.97. The maximum absolute atomic E-state index is 12.8. The fourth-order valence-corrected chi connectivity index (χ4v) is 4.70. The molecule has 0 spiro atoms. The third-order valence-corrected chi connectivity index (χ3v) is 6.49. The van der Waals surface area contributed by atoms with Gasteiger partial charge in [-0.15, -0.1) is 11.3 Å². The first-order valence-corrected chi connectivity index (χ1v) is 11.0. The topological polar surface area (TPSA) is 42.0 Å². The van der Waals surface area contributed by atoms with Crippen LogP contribution < -0.4 is 5.32 Å². The van der Waals surface area contributed by atoms with Crippen molar-refractivity contribution in [3.63, 3.8) is 0 Å². The minimum Gasteiger partial charge on any atom is -0.321 e. The lowest BCUT2D eigenvalue weighted by molar-refractivity contribution is 0.102. The Hall–Kier alpha value is -1.48. The fraction of sp³-hybridized carbons (Fsp3) is 0. The number of amides is 1. The lowest BCUT2D eigenvalue weighted by atomic mass is 10.1. The highest BCUT2D eigenvalue weighted by Gasteiger charge is 2.16. The molecule has 134 valence electrons. The first kappa shape index (κ1) is 18.9. The van der Waals surface area contributed by atoms with Gasteiger partial charge in [-0.3, -0.25) is 4.79 Å². The SMILES string of the molecule is O=C(Nc1ccc(Br)cc1-c1nc2ccccc2s1)c1cc(I)ccc1Cl. The van der Waals surface area contributed by atoms with Crippen LogP contribution in [0.25, 0.3) is 20.8 Å². The van der Waals surface area contributed by atoms with Crippen LogP contribution >= 0.6 is 61.5 Å². The van der Waals surface area contributed by atoms with E-state index in [4.69, 9.17) is 16.6 Å². The number of thiazole rings is 1. The molecule has 0 unspecified atom stereocenters. The van der Waals surface area contributed by atoms with E-state index in [0.717, 1.165) is 28.8 Å². The molecule has 3 aromatic carbocycles. The van der Waals surface area contributed by atoms with Crippen molar-refractivity contribution in [1.82, 2.24) is 4.98 Å². The third kappa shape index (κ3) is 4.03. The molecule has 4 aromatic rings. The highest BCUT2D eigenvalue weighted by atomic mass is 127. The van der Waals surface area contributed by atoms with E-state index >= 15 is 0 Å². The second-order valence-electron chi connectivity index (χ2n) is 5.75. The highest BCUT2D eigenvalue weighted by molar-refractivity contribution is 14.1. The number of rotatable bonds is 3. The maximum atomic E-state index is 12.8. The second kappa shape index (κ2) is 7.87. The summed E-state index contributed by atoms with van der Waals surface area (Å²) in [5, 5.41) is 4.26. The molecule has 7 heteroatoms. The van der Waals surface area contributed by atoms with E-state index in [1.807, 2.05) is 48.5 Å². The van der Waals surface area contributed by atoms with E-state index in [1.54, 1.807) is 23.5 Å². The molecular weight excluding hydrogens is 559 g/mol. The Kier molecular flexibility index (Phi) is 5.50. The molecular formula is C20H11BrClIN2OS. The van der Waals surface area contributed by atoms with Crippen LogP contribution in [0.5, 0.6) is 0 Å². The van der Waals surface area contributed by atoms with Gasteiger partial charge in [-0.1, -0.05) is 39.7 Å². The van der Waals surface area contributed by atoms with Crippen molar-refractivity contribution in [3.8, 4) is 10.6 Å². The zero-order valence-corrected chi connectivity index (χ0v) is 19.0. The number of halogens is 3. The number of benzene rings is 3. The van der Waals surface area contributed by atoms with Crippen LogP contribution in [0.4, 0.5) is 5.69 Å². The van der Waals surface area contributed by atoms with Gasteiger partial charge in [0.15, 0.2) is 0 Å². The van der Waals surface area contributed by atoms with Crippen molar-refractivity contribution >= 4 is 83.3 Å². The second-order valence-corrected chi connectivity index (χ2v) is 9.35. The van der Waals surface area contributed by atoms with Crippen molar-refractivity contribution in [2.75, 3.05) is 5.32 Å². The van der Waals surface area contributed by atoms with Crippen LogP contribution in [0.15, 0.2) is 65.1 Å². The van der Waals surface area contributed by atoms with Gasteiger partial charge in [0.2, 0.25) is 0 Å². The maximum Gasteiger partial charge on any atom is 0.257 e. The van der Waals surface area contributed by atoms with Gasteiger partial charge in [0.25, 0.3) is 5.91 Å². The number of fused-ring (bicyclic) bond motifs is 1. The smallest absolute Gasteiger partial charge is 0.257 e. The molecule has 1 N–H and O–H groups in total. The summed E-state index contributed by atoms with van der Waals surface area (Å²) in [6.45, 7) is 0. The first-order valence-electron chi connectivity index (χ1n) is 7.93. The van der Waals surface area contributed by atoms with E-state index in [2.05, 4.69) is 43.8 Å². The number of para-hydroxylation sites is 1. The molecule has 3 nitrogen and oxygen atoms in total. The average molecular weight is 570 g/mol. The van der Waals surface area contributed by atoms with E-state index in [1.165, 1.54) is 0 Å². The number of nitrogens with one attached hydrogen (secondary N) is 1. The molecule has 0 aliphatic heterocycles. The predicted molar refractivity (Wildman–Crippen MR) is 125 cm³/mol. The summed E-state index contributed by atoms with van der Waals surface area (Å²) in [5.41, 5.74) is 2.94. The van der Waals surface area contributed by atoms with Crippen LogP contribution in [0, 0.1) is 3.57 Å². The number of nitrogens with zero attached hydrogens (tertiary/aromatic N) is 1. The average Bonchev–Trinajstić information content (AvgIpc) is 3.09. The Bertz CT molecular complexity index is 1140. The van der Waals surface area contributed by atoms with E-state index in [-0.39, 0.29) is 5.91 Å². The Morgan fingerprint density at radius 1 is 1.11 bits per heavy atom. The van der Waals surface area contributed by atoms with Crippen molar-refractivity contribution in [3.05, 3.63) is 79.3 Å². The monoisotopic (exact) mass is 568 g/mol. The number of hydrogen-bond acceptors (Lipinski definition) is 3. The standard InChI is InChI=1S/C20H11BrClIN2OS/c21-11-5-8-16(24-19(26)13-10-12(23)6-7-15(13)22)14(9-11)20-25-17-3-1-2-4-18(17)27-20/h1-10H,(H,24,26). The largest absolute Gasteiger partial charge is 0.321 e. The Morgan fingerprint density at radius 3 is 2.74 bits per heavy atom. The summed E-state index contributed by atoms with van der Waals surface area (Å²) in [6, 6.07) is 19.1. The van der Waals surface area contributed by atoms with E-state index in [0.29, 0.717) is 16.3 Å². The van der Waals surface area contributed by atoms with Gasteiger partial charge in [0.1, 0.15) is 5.01 Å². The first-order chi connectivity index (χ1) is 13.0. The van der Waals surface area contributed by atoms with Gasteiger partial charge >= 0.3 is 0 Å². The molecule has 0 fully saturated rings. The lowest BCUT2D eigenvalue weighted by Crippen LogP contribution is -2.13. The molecule has 4 rings (SSSR count). The van der Waals surface area contributed by atoms with Gasteiger partial charge < -0.3 is 5.32 Å². The quantitative estimate of drug-likeness (QED) is 0.265. The van der Waals surface area contributed by atoms with Crippen LogP contribution in [-0.4, -0.2) is 10.9 Å². The number of anilines is 1. The normalized spacial score (nSPS) is 10.9. The molecule has 0 radical (unpaired) electrons. The lowest BCUT2D eigenvalue weighted by Gasteiger charge is -2.11. The molecule has 0 aliphatic carbocycles. The minimum atomic E-state index is -0.247. The number of aromatic nitrogens is 1. The zero-order valence-electron chi connectivity index (χ0n) is 13.7. The molecule has 27 heavy (non-hydrogen) atoms. The summed E-state index contributed by atoms with van der Waals surface area (Å²) in [4.78, 5) is 17.5. The molecule has 0 saturated carbocycles. The summed E-state index contributed by atoms with van der Waals surface area (Å²) in [5.74, 6) is -0.247. The Balaban J connectivity index is 1.75. The predicted octanol–water partition coefficient (Wildman–Crippen LogP) is 7.24. The third-order valence-electron chi connectivity index (χ3n) is 3.93. The van der Waals surface area contributed by atoms with Gasteiger partial charge in [-0.05, 0) is 71.1 Å². The van der Waals surface area contributed by atoms with Crippen molar-refractivity contribution in [1.29, 1.82) is 0 Å². The molecule has 1 aromatic heterocycles. The number of carbonyl (C=O) groups excluding carboxylic acids is 1. The van der Waals surface area contributed by atoms with E-state index in [9.17, 15) is 4.79 Å². The number of hydrogen-bond donors (Lipinski definition) is 1. The Morgan fingerprint density at radius 2 is 1.93 bits per heavy atom. The van der Waals surface area contributed by atoms with Crippen LogP contribution in [0.1, 0.15) is 10.4 Å². The van der Waals surface area contributed by atoms with Crippen molar-refractivity contribution < 1.29 is 4.79 Å². The van der Waals surface area contributed by atoms with E-state index < -0.39 is 0 Å². The molecule has 1 heterocycles. The summed E-state index contributed by atoms with van der Waals surface area (Å²) in [6.07, 6.45) is 0. The van der Waals surface area contributed by atoms with Crippen LogP contribution in [0.3, 0.4) is 0 Å². The minimum absolute atomic E-state index is 0.247. The molecule has 1 amide bonds. The van der Waals surface area contributed by atoms with Gasteiger partial charge in [0.05, 0.1) is 26.5 Å². The van der Waals surface area contributed by atoms with Gasteiger partial charge in [-0.25, -0.2) is 4.98 Å². The van der Waals surface area contributed by atoms with Gasteiger partial charge in [0, 0.05) is 13.6 Å². The summed E-state index contributed by atoms with van der Waals surface area (Å²) in [7, 11) is 0. The van der Waals surface area contributed by atoms with Crippen LogP contribution in [0.2, 0.25) is 5.02 Å². The van der Waals surface area contributed by atoms with Crippen molar-refractivity contribution in [2.24, 2.45) is 0 Å². The molecule has 0 aliphatic rings. The fourth-order valence-electron chi connectivity index (χ4n) is 2.65. The Labute approximate surface area is 187 Å². The van der Waals surface area contributed by atoms with Crippen molar-refractivity contribution in [2.45, 2.75) is 0 Å². The zero-order chi connectivity index (χ0) is 19.0. The van der Waals surface area contributed by atoms with Gasteiger partial charge in [-0.2, -0.15) is 0 Å². The molecule has 0 bridgehead atoms. The highest BCUT2D eigenvalue weighted by Crippen LogP contribution is 2.36. The molecule has 0 saturated heterocycles. The summed E-state index contributed by atoms with van der Waals surface area (Å²) >= 11 is 13.5.